The van der Waals surface area contributed by atoms with Crippen LogP contribution in [0.25, 0.3) is 0 Å². The molecule has 0 fully saturated rings. The van der Waals surface area contributed by atoms with Crippen LogP contribution in [0.1, 0.15) is 12.8 Å². The van der Waals surface area contributed by atoms with E-state index in [1.807, 2.05) is 0 Å². The van der Waals surface area contributed by atoms with Crippen LogP contribution < -0.4 is 0 Å². The van der Waals surface area contributed by atoms with Gasteiger partial charge >= 0.3 is 0 Å². The van der Waals surface area contributed by atoms with Gasteiger partial charge in [0, 0.05) is 0 Å². The first-order valence-electron chi connectivity index (χ1n) is 3.97. The summed E-state index contributed by atoms with van der Waals surface area (Å²) in [5.41, 5.74) is 0. The van der Waals surface area contributed by atoms with Crippen molar-refractivity contribution in [1.29, 1.82) is 0 Å². The van der Waals surface area contributed by atoms with E-state index in [0.29, 0.717) is 0 Å². The van der Waals surface area contributed by atoms with Gasteiger partial charge in [0.2, 0.25) is 0 Å². The topological polar surface area (TPSA) is 0 Å². The molecule has 62 valence electrons. The Kier molecular flexibility index (Phi) is 8.35. The summed E-state index contributed by atoms with van der Waals surface area (Å²) in [6.45, 7) is 0. The van der Waals surface area contributed by atoms with Gasteiger partial charge in [-0.1, -0.05) is 48.6 Å². The highest BCUT2D eigenvalue weighted by Gasteiger charge is 1.72. The lowest BCUT2D eigenvalue weighted by molar-refractivity contribution is 1.45. The summed E-state index contributed by atoms with van der Waals surface area (Å²) >= 11 is 0. The Balaban J connectivity index is 0.000000168. The van der Waals surface area contributed by atoms with E-state index < -0.39 is 0 Å². The molecule has 2 rings (SSSR count). The molecule has 0 aliphatic heterocycles. The molecule has 0 saturated carbocycles. The number of terminal acetylenes is 1. The van der Waals surface area contributed by atoms with Gasteiger partial charge in [0.15, 0.2) is 0 Å². The fraction of sp³-hybridized carbons (Fsp3) is 0.167. The molecule has 0 radical (unpaired) electrons. The Morgan fingerprint density at radius 1 is 0.583 bits per heavy atom. The first kappa shape index (κ1) is 10.5. The SMILES string of the molecule is C#C.C1=CCC=C1.C1=CCC=C1. The third-order valence-corrected chi connectivity index (χ3v) is 1.31. The molecular weight excluding hydrogens is 144 g/mol. The molecule has 0 unspecified atom stereocenters. The van der Waals surface area contributed by atoms with Gasteiger partial charge in [0.25, 0.3) is 0 Å². The highest BCUT2D eigenvalue weighted by molar-refractivity contribution is 5.12. The average molecular weight is 158 g/mol. The Morgan fingerprint density at radius 2 is 0.833 bits per heavy atom. The van der Waals surface area contributed by atoms with E-state index >= 15 is 0 Å². The van der Waals surface area contributed by atoms with Crippen LogP contribution in [0.3, 0.4) is 0 Å². The predicted octanol–water partition coefficient (Wildman–Crippen LogP) is 3.25. The van der Waals surface area contributed by atoms with E-state index in [2.05, 4.69) is 61.5 Å². The molecule has 0 aromatic heterocycles. The van der Waals surface area contributed by atoms with Gasteiger partial charge in [0.1, 0.15) is 0 Å². The molecule has 0 amide bonds. The average Bonchev–Trinajstić information content (AvgIpc) is 2.87. The molecule has 2 aliphatic carbocycles. The van der Waals surface area contributed by atoms with Crippen molar-refractivity contribution >= 4 is 0 Å². The summed E-state index contributed by atoms with van der Waals surface area (Å²) in [6.07, 6.45) is 27.0. The smallest absolute Gasteiger partial charge is 0.0163 e. The van der Waals surface area contributed by atoms with Crippen LogP contribution in [0.5, 0.6) is 0 Å². The van der Waals surface area contributed by atoms with E-state index in [1.165, 1.54) is 0 Å². The second-order valence-electron chi connectivity index (χ2n) is 2.18. The van der Waals surface area contributed by atoms with Crippen molar-refractivity contribution < 1.29 is 0 Å². The number of allylic oxidation sites excluding steroid dienone is 8. The number of hydrogen-bond donors (Lipinski definition) is 0. The minimum absolute atomic E-state index is 1.14. The van der Waals surface area contributed by atoms with E-state index in [4.69, 9.17) is 0 Å². The molecule has 0 N–H and O–H groups in total. The zero-order chi connectivity index (χ0) is 9.07. The normalized spacial score (nSPS) is 14.8. The molecule has 0 atom stereocenters. The molecule has 12 heavy (non-hydrogen) atoms. The Bertz CT molecular complexity index is 169. The first-order valence-corrected chi connectivity index (χ1v) is 3.97. The highest BCUT2D eigenvalue weighted by atomic mass is 13.8. The van der Waals surface area contributed by atoms with Gasteiger partial charge in [-0.2, -0.15) is 0 Å². The first-order chi connectivity index (χ1) is 6.00. The maximum atomic E-state index is 4.00. The standard InChI is InChI=1S/2C5H6.C2H2/c2*1-2-4-5-3-1;1-2/h2*1-4H,5H2;1-2H. The fourth-order valence-electron chi connectivity index (χ4n) is 0.786. The second-order valence-corrected chi connectivity index (χ2v) is 2.18. The van der Waals surface area contributed by atoms with E-state index in [0.717, 1.165) is 12.8 Å². The Labute approximate surface area is 75.0 Å². The molecule has 0 bridgehead atoms. The van der Waals surface area contributed by atoms with Crippen LogP contribution in [-0.4, -0.2) is 0 Å². The molecular formula is C12H14. The fourth-order valence-corrected chi connectivity index (χ4v) is 0.786. The van der Waals surface area contributed by atoms with Gasteiger partial charge < -0.3 is 0 Å². The number of hydrogen-bond acceptors (Lipinski definition) is 0. The summed E-state index contributed by atoms with van der Waals surface area (Å²) in [7, 11) is 0. The minimum Gasteiger partial charge on any atom is -0.124 e. The zero-order valence-electron chi connectivity index (χ0n) is 7.19. The lowest BCUT2D eigenvalue weighted by Gasteiger charge is -1.57. The summed E-state index contributed by atoms with van der Waals surface area (Å²) in [6, 6.07) is 0. The molecule has 2 aliphatic rings. The van der Waals surface area contributed by atoms with Crippen LogP contribution in [-0.2, 0) is 0 Å². The van der Waals surface area contributed by atoms with Gasteiger partial charge in [0.05, 0.1) is 0 Å². The molecule has 0 heteroatoms. The molecule has 0 heterocycles. The second kappa shape index (κ2) is 9.52. The number of rotatable bonds is 0. The lowest BCUT2D eigenvalue weighted by Crippen LogP contribution is -1.37. The van der Waals surface area contributed by atoms with Gasteiger partial charge in [-0.25, -0.2) is 0 Å². The lowest BCUT2D eigenvalue weighted by atomic mass is 10.5. The van der Waals surface area contributed by atoms with Crippen LogP contribution in [0.2, 0.25) is 0 Å². The molecule has 0 aromatic carbocycles. The van der Waals surface area contributed by atoms with Crippen molar-refractivity contribution in [3.05, 3.63) is 48.6 Å². The van der Waals surface area contributed by atoms with Crippen molar-refractivity contribution in [2.45, 2.75) is 12.8 Å². The molecule has 0 saturated heterocycles. The zero-order valence-corrected chi connectivity index (χ0v) is 7.19. The highest BCUT2D eigenvalue weighted by Crippen LogP contribution is 1.93. The maximum absolute atomic E-state index is 4.00. The van der Waals surface area contributed by atoms with E-state index in [1.54, 1.807) is 0 Å². The largest absolute Gasteiger partial charge is 0.124 e. The Morgan fingerprint density at radius 3 is 0.917 bits per heavy atom. The predicted molar refractivity (Wildman–Crippen MR) is 55.7 cm³/mol. The monoisotopic (exact) mass is 158 g/mol. The molecule has 0 aromatic rings. The summed E-state index contributed by atoms with van der Waals surface area (Å²) in [5.74, 6) is 0. The van der Waals surface area contributed by atoms with Crippen molar-refractivity contribution in [2.24, 2.45) is 0 Å². The van der Waals surface area contributed by atoms with E-state index in [9.17, 15) is 0 Å². The van der Waals surface area contributed by atoms with Crippen LogP contribution in [0, 0.1) is 12.8 Å². The van der Waals surface area contributed by atoms with Crippen molar-refractivity contribution in [1.82, 2.24) is 0 Å². The van der Waals surface area contributed by atoms with Crippen LogP contribution in [0.4, 0.5) is 0 Å². The summed E-state index contributed by atoms with van der Waals surface area (Å²) < 4.78 is 0. The van der Waals surface area contributed by atoms with E-state index in [-0.39, 0.29) is 0 Å². The third-order valence-electron chi connectivity index (χ3n) is 1.31. The summed E-state index contributed by atoms with van der Waals surface area (Å²) in [4.78, 5) is 0. The van der Waals surface area contributed by atoms with Gasteiger partial charge in [-0.05, 0) is 12.8 Å². The summed E-state index contributed by atoms with van der Waals surface area (Å²) in [5, 5.41) is 0. The Hall–Kier alpha value is -1.48. The third kappa shape index (κ3) is 6.64. The van der Waals surface area contributed by atoms with Crippen molar-refractivity contribution in [3.8, 4) is 12.8 Å². The van der Waals surface area contributed by atoms with Gasteiger partial charge in [-0.15, -0.1) is 12.8 Å². The molecule has 0 spiro atoms. The minimum atomic E-state index is 1.14. The van der Waals surface area contributed by atoms with Crippen LogP contribution in [0.15, 0.2) is 48.6 Å². The van der Waals surface area contributed by atoms with Crippen LogP contribution >= 0.6 is 0 Å². The van der Waals surface area contributed by atoms with Crippen molar-refractivity contribution in [2.75, 3.05) is 0 Å². The maximum Gasteiger partial charge on any atom is -0.0163 e. The van der Waals surface area contributed by atoms with Gasteiger partial charge in [-0.3, -0.25) is 0 Å². The molecule has 0 nitrogen and oxygen atoms in total. The quantitative estimate of drug-likeness (QED) is 0.475. The van der Waals surface area contributed by atoms with Crippen molar-refractivity contribution in [3.63, 3.8) is 0 Å².